The van der Waals surface area contributed by atoms with Gasteiger partial charge in [0.05, 0.1) is 11.4 Å². The Kier molecular flexibility index (Phi) is 6.85. The number of aryl methyl sites for hydroxylation is 1. The van der Waals surface area contributed by atoms with E-state index in [0.29, 0.717) is 55.3 Å². The maximum absolute atomic E-state index is 12.9. The largest absolute Gasteiger partial charge is 0.339 e. The van der Waals surface area contributed by atoms with Gasteiger partial charge in [0, 0.05) is 32.6 Å². The van der Waals surface area contributed by atoms with Crippen molar-refractivity contribution < 1.29 is 12.9 Å². The first-order chi connectivity index (χ1) is 13.4. The summed E-state index contributed by atoms with van der Waals surface area (Å²) in [6, 6.07) is 7.24. The highest BCUT2D eigenvalue weighted by atomic mass is 32.2. The van der Waals surface area contributed by atoms with Crippen LogP contribution in [0.3, 0.4) is 0 Å². The van der Waals surface area contributed by atoms with Crippen molar-refractivity contribution in [3.05, 3.63) is 41.5 Å². The Morgan fingerprint density at radius 2 is 1.79 bits per heavy atom. The molecule has 0 saturated carbocycles. The average molecular weight is 407 g/mol. The number of sulfonamides is 1. The Morgan fingerprint density at radius 3 is 2.39 bits per heavy atom. The maximum atomic E-state index is 12.9. The van der Waals surface area contributed by atoms with E-state index in [1.54, 1.807) is 16.4 Å². The molecule has 8 heteroatoms. The molecule has 0 N–H and O–H groups in total. The minimum Gasteiger partial charge on any atom is -0.339 e. The molecule has 1 saturated heterocycles. The van der Waals surface area contributed by atoms with Crippen LogP contribution >= 0.6 is 0 Å². The van der Waals surface area contributed by atoms with Gasteiger partial charge in [-0.25, -0.2) is 8.42 Å². The van der Waals surface area contributed by atoms with E-state index in [4.69, 9.17) is 4.52 Å². The average Bonchev–Trinajstić information content (AvgIpc) is 3.14. The summed E-state index contributed by atoms with van der Waals surface area (Å²) >= 11 is 0. The van der Waals surface area contributed by atoms with Gasteiger partial charge in [-0.05, 0) is 30.0 Å². The topological polar surface area (TPSA) is 79.5 Å². The first-order valence-corrected chi connectivity index (χ1v) is 11.5. The number of hydrogen-bond acceptors (Lipinski definition) is 6. The molecule has 0 bridgehead atoms. The lowest BCUT2D eigenvalue weighted by Crippen LogP contribution is -2.48. The van der Waals surface area contributed by atoms with Crippen LogP contribution in [0.2, 0.25) is 0 Å². The first-order valence-electron chi connectivity index (χ1n) is 10.0. The fraction of sp³-hybridized carbons (Fsp3) is 0.600. The van der Waals surface area contributed by atoms with Gasteiger partial charge < -0.3 is 4.52 Å². The van der Waals surface area contributed by atoms with Gasteiger partial charge in [0.1, 0.15) is 0 Å². The highest BCUT2D eigenvalue weighted by Gasteiger charge is 2.29. The highest BCUT2D eigenvalue weighted by molar-refractivity contribution is 7.89. The van der Waals surface area contributed by atoms with Crippen LogP contribution in [0.15, 0.2) is 33.7 Å². The minimum atomic E-state index is -3.45. The lowest BCUT2D eigenvalue weighted by atomic mass is 10.0. The van der Waals surface area contributed by atoms with E-state index in [1.807, 2.05) is 12.1 Å². The van der Waals surface area contributed by atoms with Gasteiger partial charge in [0.25, 0.3) is 0 Å². The van der Waals surface area contributed by atoms with Crippen LogP contribution < -0.4 is 0 Å². The third kappa shape index (κ3) is 4.98. The molecule has 0 aliphatic carbocycles. The molecule has 1 fully saturated rings. The summed E-state index contributed by atoms with van der Waals surface area (Å²) in [4.78, 5) is 6.96. The van der Waals surface area contributed by atoms with E-state index >= 15 is 0 Å². The molecule has 2 heterocycles. The molecule has 7 nitrogen and oxygen atoms in total. The van der Waals surface area contributed by atoms with Crippen molar-refractivity contribution in [1.29, 1.82) is 0 Å². The third-order valence-electron chi connectivity index (χ3n) is 5.14. The summed E-state index contributed by atoms with van der Waals surface area (Å²) in [5, 5.41) is 4.04. The summed E-state index contributed by atoms with van der Waals surface area (Å²) in [6.07, 6.45) is 2.94. The fourth-order valence-electron chi connectivity index (χ4n) is 3.29. The first kappa shape index (κ1) is 21.0. The van der Waals surface area contributed by atoms with Crippen LogP contribution in [0.5, 0.6) is 0 Å². The van der Waals surface area contributed by atoms with Crippen LogP contribution in [0.4, 0.5) is 0 Å². The van der Waals surface area contributed by atoms with Crippen molar-refractivity contribution in [3.63, 3.8) is 0 Å². The monoisotopic (exact) mass is 406 g/mol. The predicted molar refractivity (Wildman–Crippen MR) is 107 cm³/mol. The van der Waals surface area contributed by atoms with Crippen molar-refractivity contribution in [3.8, 4) is 0 Å². The molecule has 0 spiro atoms. The fourth-order valence-corrected chi connectivity index (χ4v) is 4.71. The molecule has 1 aliphatic heterocycles. The van der Waals surface area contributed by atoms with E-state index in [9.17, 15) is 8.42 Å². The van der Waals surface area contributed by atoms with Crippen LogP contribution in [0.1, 0.15) is 56.8 Å². The molecule has 2 aromatic rings. The number of rotatable bonds is 8. The number of unbranched alkanes of at least 4 members (excludes halogenated alkanes) is 1. The lowest BCUT2D eigenvalue weighted by Gasteiger charge is -2.33. The van der Waals surface area contributed by atoms with Gasteiger partial charge in [-0.15, -0.1) is 0 Å². The van der Waals surface area contributed by atoms with Gasteiger partial charge in [0.2, 0.25) is 15.9 Å². The highest BCUT2D eigenvalue weighted by Crippen LogP contribution is 2.21. The Balaban J connectivity index is 1.56. The van der Waals surface area contributed by atoms with Crippen LogP contribution in [0.25, 0.3) is 0 Å². The van der Waals surface area contributed by atoms with E-state index < -0.39 is 10.0 Å². The lowest BCUT2D eigenvalue weighted by molar-refractivity contribution is 0.176. The molecule has 1 aromatic carbocycles. The summed E-state index contributed by atoms with van der Waals surface area (Å²) < 4.78 is 32.6. The zero-order valence-electron chi connectivity index (χ0n) is 17.0. The molecule has 0 atom stereocenters. The van der Waals surface area contributed by atoms with Crippen LogP contribution in [-0.4, -0.2) is 53.9 Å². The van der Waals surface area contributed by atoms with Crippen molar-refractivity contribution in [2.45, 2.75) is 57.4 Å². The van der Waals surface area contributed by atoms with Gasteiger partial charge >= 0.3 is 0 Å². The van der Waals surface area contributed by atoms with Crippen molar-refractivity contribution in [2.75, 3.05) is 26.2 Å². The number of benzene rings is 1. The number of hydrogen-bond donors (Lipinski definition) is 0. The molecule has 1 aliphatic rings. The van der Waals surface area contributed by atoms with E-state index in [-0.39, 0.29) is 0 Å². The zero-order valence-corrected chi connectivity index (χ0v) is 17.8. The van der Waals surface area contributed by atoms with E-state index in [1.165, 1.54) is 0 Å². The molecule has 154 valence electrons. The predicted octanol–water partition coefficient (Wildman–Crippen LogP) is 3.04. The maximum Gasteiger partial charge on any atom is 0.243 e. The van der Waals surface area contributed by atoms with Gasteiger partial charge in [0.15, 0.2) is 5.82 Å². The Hall–Kier alpha value is -1.77. The normalized spacial score (nSPS) is 16.7. The molecule has 3 rings (SSSR count). The second-order valence-corrected chi connectivity index (χ2v) is 9.55. The number of nitrogens with zero attached hydrogens (tertiary/aromatic N) is 4. The minimum absolute atomic E-state index is 0.365. The number of aromatic nitrogens is 2. The van der Waals surface area contributed by atoms with Gasteiger partial charge in [-0.3, -0.25) is 4.90 Å². The van der Waals surface area contributed by atoms with Crippen molar-refractivity contribution in [1.82, 2.24) is 19.3 Å². The Morgan fingerprint density at radius 1 is 1.11 bits per heavy atom. The Labute approximate surface area is 167 Å². The second-order valence-electron chi connectivity index (χ2n) is 7.61. The molecule has 0 unspecified atom stereocenters. The van der Waals surface area contributed by atoms with Crippen LogP contribution in [0, 0.1) is 0 Å². The second kappa shape index (κ2) is 9.15. The third-order valence-corrected chi connectivity index (χ3v) is 7.05. The quantitative estimate of drug-likeness (QED) is 0.670. The van der Waals surface area contributed by atoms with Crippen molar-refractivity contribution >= 4 is 10.0 Å². The smallest absolute Gasteiger partial charge is 0.243 e. The Bertz CT molecular complexity index is 854. The molecule has 1 aromatic heterocycles. The van der Waals surface area contributed by atoms with Crippen LogP contribution in [-0.2, 0) is 23.0 Å². The molecular formula is C20H30N4O3S. The summed E-state index contributed by atoms with van der Waals surface area (Å²) in [5.74, 6) is 1.74. The van der Waals surface area contributed by atoms with Gasteiger partial charge in [-0.2, -0.15) is 9.29 Å². The molecular weight excluding hydrogens is 376 g/mol. The van der Waals surface area contributed by atoms with Gasteiger partial charge in [-0.1, -0.05) is 44.5 Å². The SMILES string of the molecule is CCCCc1nc(CN2CCN(S(=O)(=O)c3ccc(C(C)C)cc3)CC2)no1. The van der Waals surface area contributed by atoms with E-state index in [0.717, 1.165) is 24.8 Å². The molecule has 28 heavy (non-hydrogen) atoms. The number of piperazine rings is 1. The molecule has 0 radical (unpaired) electrons. The van der Waals surface area contributed by atoms with Crippen molar-refractivity contribution in [2.24, 2.45) is 0 Å². The summed E-state index contributed by atoms with van der Waals surface area (Å²) in [7, 11) is -3.45. The zero-order chi connectivity index (χ0) is 20.1. The summed E-state index contributed by atoms with van der Waals surface area (Å²) in [5.41, 5.74) is 1.14. The molecule has 0 amide bonds. The standard InChI is InChI=1S/C20H30N4O3S/c1-4-5-6-20-21-19(22-27-20)15-23-11-13-24(14-12-23)28(25,26)18-9-7-17(8-10-18)16(2)3/h7-10,16H,4-6,11-15H2,1-3H3. The van der Waals surface area contributed by atoms with E-state index in [2.05, 4.69) is 35.8 Å². The summed E-state index contributed by atoms with van der Waals surface area (Å²) in [6.45, 7) is 9.16.